The Morgan fingerprint density at radius 1 is 1.00 bits per heavy atom. The van der Waals surface area contributed by atoms with Gasteiger partial charge in [0.1, 0.15) is 0 Å². The molecule has 2 rings (SSSR count). The van der Waals surface area contributed by atoms with Gasteiger partial charge >= 0.3 is 0 Å². The highest BCUT2D eigenvalue weighted by atomic mass is 35.5. The van der Waals surface area contributed by atoms with Gasteiger partial charge in [0.05, 0.1) is 0 Å². The van der Waals surface area contributed by atoms with Gasteiger partial charge in [-0.15, -0.1) is 0 Å². The van der Waals surface area contributed by atoms with Crippen molar-refractivity contribution in [3.05, 3.63) is 53.6 Å². The minimum absolute atomic E-state index is 0.271. The van der Waals surface area contributed by atoms with E-state index in [2.05, 4.69) is 5.32 Å². The van der Waals surface area contributed by atoms with Crippen LogP contribution in [0.4, 0.5) is 5.69 Å². The van der Waals surface area contributed by atoms with Crippen molar-refractivity contribution in [3.63, 3.8) is 0 Å². The lowest BCUT2D eigenvalue weighted by Gasteiger charge is -2.05. The van der Waals surface area contributed by atoms with Crippen molar-refractivity contribution in [1.82, 2.24) is 0 Å². The smallest absolute Gasteiger partial charge is 0.168 e. The normalized spacial score (nSPS) is 10.1. The zero-order chi connectivity index (χ0) is 13.0. The highest BCUT2D eigenvalue weighted by molar-refractivity contribution is 7.99. The van der Waals surface area contributed by atoms with E-state index in [-0.39, 0.29) is 5.11 Å². The maximum absolute atomic E-state index is 5.84. The molecule has 0 unspecified atom stereocenters. The van der Waals surface area contributed by atoms with E-state index in [1.54, 1.807) is 11.8 Å². The summed E-state index contributed by atoms with van der Waals surface area (Å²) in [6.45, 7) is 0. The van der Waals surface area contributed by atoms with E-state index in [0.29, 0.717) is 0 Å². The number of benzene rings is 2. The highest BCUT2D eigenvalue weighted by Gasteiger charge is 1.98. The molecule has 0 aliphatic carbocycles. The fourth-order valence-corrected chi connectivity index (χ4v) is 2.45. The number of nitrogens with two attached hydrogens (primary N) is 1. The van der Waals surface area contributed by atoms with E-state index in [0.717, 1.165) is 20.5 Å². The van der Waals surface area contributed by atoms with E-state index >= 15 is 0 Å². The Balaban J connectivity index is 2.06. The van der Waals surface area contributed by atoms with Gasteiger partial charge in [0.25, 0.3) is 0 Å². The maximum atomic E-state index is 5.84. The molecule has 0 bridgehead atoms. The quantitative estimate of drug-likeness (QED) is 0.834. The molecule has 2 nitrogen and oxygen atoms in total. The molecule has 0 atom stereocenters. The third kappa shape index (κ3) is 3.91. The Bertz CT molecular complexity index is 538. The van der Waals surface area contributed by atoms with Gasteiger partial charge in [0.15, 0.2) is 5.11 Å². The number of nitrogens with one attached hydrogen (secondary N) is 1. The summed E-state index contributed by atoms with van der Waals surface area (Å²) in [4.78, 5) is 2.29. The second kappa shape index (κ2) is 6.09. The molecule has 18 heavy (non-hydrogen) atoms. The van der Waals surface area contributed by atoms with Crippen molar-refractivity contribution in [1.29, 1.82) is 0 Å². The molecule has 0 saturated heterocycles. The molecule has 0 aromatic heterocycles. The second-order valence-electron chi connectivity index (χ2n) is 3.57. The average Bonchev–Trinajstić information content (AvgIpc) is 2.34. The Hall–Kier alpha value is -1.23. The van der Waals surface area contributed by atoms with Crippen LogP contribution in [-0.4, -0.2) is 5.11 Å². The monoisotopic (exact) mass is 294 g/mol. The first-order valence-corrected chi connectivity index (χ1v) is 6.84. The van der Waals surface area contributed by atoms with Gasteiger partial charge in [-0.05, 0) is 60.7 Å². The van der Waals surface area contributed by atoms with Crippen LogP contribution in [0.3, 0.4) is 0 Å². The zero-order valence-corrected chi connectivity index (χ0v) is 11.8. The lowest BCUT2D eigenvalue weighted by Crippen LogP contribution is -2.18. The van der Waals surface area contributed by atoms with Crippen LogP contribution in [0.2, 0.25) is 5.02 Å². The van der Waals surface area contributed by atoms with Gasteiger partial charge in [-0.2, -0.15) is 0 Å². The van der Waals surface area contributed by atoms with Gasteiger partial charge in [-0.25, -0.2) is 0 Å². The van der Waals surface area contributed by atoms with Gasteiger partial charge in [-0.3, -0.25) is 0 Å². The highest BCUT2D eigenvalue weighted by Crippen LogP contribution is 2.29. The molecule has 2 aromatic rings. The maximum Gasteiger partial charge on any atom is 0.168 e. The van der Waals surface area contributed by atoms with E-state index in [4.69, 9.17) is 29.6 Å². The summed E-state index contributed by atoms with van der Waals surface area (Å²) in [7, 11) is 0. The first-order valence-electron chi connectivity index (χ1n) is 5.23. The second-order valence-corrected chi connectivity index (χ2v) is 5.59. The fourth-order valence-electron chi connectivity index (χ4n) is 1.39. The summed E-state index contributed by atoms with van der Waals surface area (Å²) in [6.07, 6.45) is 0. The number of hydrogen-bond donors (Lipinski definition) is 2. The Labute approximate surface area is 121 Å². The van der Waals surface area contributed by atoms with Crippen molar-refractivity contribution in [3.8, 4) is 0 Å². The molecule has 3 N–H and O–H groups in total. The molecule has 0 radical (unpaired) electrons. The molecular formula is C13H11ClN2S2. The molecular weight excluding hydrogens is 284 g/mol. The van der Waals surface area contributed by atoms with Gasteiger partial charge in [-0.1, -0.05) is 23.4 Å². The van der Waals surface area contributed by atoms with Crippen LogP contribution in [-0.2, 0) is 0 Å². The van der Waals surface area contributed by atoms with Gasteiger partial charge < -0.3 is 11.1 Å². The first kappa shape index (κ1) is 13.2. The summed E-state index contributed by atoms with van der Waals surface area (Å²) in [5, 5.41) is 3.90. The van der Waals surface area contributed by atoms with Crippen LogP contribution < -0.4 is 11.1 Å². The number of hydrogen-bond acceptors (Lipinski definition) is 2. The van der Waals surface area contributed by atoms with E-state index in [1.165, 1.54) is 0 Å². The number of halogens is 1. The van der Waals surface area contributed by atoms with Crippen molar-refractivity contribution >= 4 is 46.4 Å². The predicted molar refractivity (Wildman–Crippen MR) is 82.4 cm³/mol. The molecule has 5 heteroatoms. The lowest BCUT2D eigenvalue weighted by molar-refractivity contribution is 1.40. The standard InChI is InChI=1S/C13H11ClN2S2/c14-9-1-5-11(6-2-9)18-12-7-3-10(4-8-12)16-13(15)17/h1-8H,(H3,15,16,17). The fraction of sp³-hybridized carbons (Fsp3) is 0. The van der Waals surface area contributed by atoms with Crippen LogP contribution in [0, 0.1) is 0 Å². The average molecular weight is 295 g/mol. The number of anilines is 1. The third-order valence-electron chi connectivity index (χ3n) is 2.17. The summed E-state index contributed by atoms with van der Waals surface area (Å²) in [5.74, 6) is 0. The molecule has 0 amide bonds. The molecule has 92 valence electrons. The SMILES string of the molecule is NC(=S)Nc1ccc(Sc2ccc(Cl)cc2)cc1. The van der Waals surface area contributed by atoms with E-state index in [1.807, 2.05) is 48.5 Å². The lowest BCUT2D eigenvalue weighted by atomic mass is 10.3. The first-order chi connectivity index (χ1) is 8.63. The predicted octanol–water partition coefficient (Wildman–Crippen LogP) is 4.15. The third-order valence-corrected chi connectivity index (χ3v) is 3.54. The topological polar surface area (TPSA) is 38.0 Å². The summed E-state index contributed by atoms with van der Waals surface area (Å²) >= 11 is 12.3. The van der Waals surface area contributed by atoms with Crippen LogP contribution in [0.5, 0.6) is 0 Å². The van der Waals surface area contributed by atoms with Crippen molar-refractivity contribution in [2.45, 2.75) is 9.79 Å². The van der Waals surface area contributed by atoms with Crippen LogP contribution in [0.1, 0.15) is 0 Å². The Morgan fingerprint density at radius 2 is 1.50 bits per heavy atom. The summed E-state index contributed by atoms with van der Waals surface area (Å²) in [6, 6.07) is 15.7. The van der Waals surface area contributed by atoms with Gasteiger partial charge in [0.2, 0.25) is 0 Å². The summed E-state index contributed by atoms with van der Waals surface area (Å²) in [5.41, 5.74) is 6.29. The Morgan fingerprint density at radius 3 is 2.00 bits per heavy atom. The summed E-state index contributed by atoms with van der Waals surface area (Å²) < 4.78 is 0. The zero-order valence-electron chi connectivity index (χ0n) is 9.39. The minimum atomic E-state index is 0.271. The molecule has 0 spiro atoms. The van der Waals surface area contributed by atoms with Crippen molar-refractivity contribution in [2.75, 3.05) is 5.32 Å². The van der Waals surface area contributed by atoms with E-state index < -0.39 is 0 Å². The van der Waals surface area contributed by atoms with Gasteiger partial charge in [0, 0.05) is 20.5 Å². The number of rotatable bonds is 3. The van der Waals surface area contributed by atoms with Crippen LogP contribution in [0.15, 0.2) is 58.3 Å². The molecule has 0 fully saturated rings. The Kier molecular flexibility index (Phi) is 4.47. The van der Waals surface area contributed by atoms with Crippen molar-refractivity contribution < 1.29 is 0 Å². The molecule has 2 aromatic carbocycles. The largest absolute Gasteiger partial charge is 0.376 e. The minimum Gasteiger partial charge on any atom is -0.376 e. The van der Waals surface area contributed by atoms with Crippen LogP contribution in [0.25, 0.3) is 0 Å². The molecule has 0 aliphatic heterocycles. The van der Waals surface area contributed by atoms with Crippen LogP contribution >= 0.6 is 35.6 Å². The molecule has 0 aliphatic rings. The van der Waals surface area contributed by atoms with E-state index in [9.17, 15) is 0 Å². The number of thiocarbonyl (C=S) groups is 1. The molecule has 0 heterocycles. The molecule has 0 saturated carbocycles. The van der Waals surface area contributed by atoms with Crippen molar-refractivity contribution in [2.24, 2.45) is 5.73 Å².